The molecule has 26 heavy (non-hydrogen) atoms. The van der Waals surface area contributed by atoms with Crippen molar-refractivity contribution < 1.29 is 4.39 Å². The van der Waals surface area contributed by atoms with E-state index in [9.17, 15) is 4.39 Å². The van der Waals surface area contributed by atoms with Crippen LogP contribution in [0.5, 0.6) is 0 Å². The van der Waals surface area contributed by atoms with Gasteiger partial charge in [0.25, 0.3) is 0 Å². The Bertz CT molecular complexity index is 774. The van der Waals surface area contributed by atoms with Crippen molar-refractivity contribution in [1.29, 1.82) is 0 Å². The highest BCUT2D eigenvalue weighted by Crippen LogP contribution is 2.22. The minimum atomic E-state index is -0.238. The molecule has 3 rings (SSSR count). The summed E-state index contributed by atoms with van der Waals surface area (Å²) in [6.45, 7) is 3.11. The van der Waals surface area contributed by atoms with Crippen molar-refractivity contribution in [2.75, 3.05) is 19.6 Å². The maximum absolute atomic E-state index is 13.2. The molecule has 0 aliphatic rings. The summed E-state index contributed by atoms with van der Waals surface area (Å²) >= 11 is 0. The highest BCUT2D eigenvalue weighted by molar-refractivity contribution is 5.85. The number of hydrogen-bond donors (Lipinski definition) is 2. The van der Waals surface area contributed by atoms with Gasteiger partial charge in [0.2, 0.25) is 0 Å². The van der Waals surface area contributed by atoms with E-state index in [2.05, 4.69) is 39.4 Å². The first-order valence-electron chi connectivity index (χ1n) is 8.51. The van der Waals surface area contributed by atoms with Crippen LogP contribution in [0.25, 0.3) is 11.3 Å². The number of nitrogens with zero attached hydrogens (tertiary/aromatic N) is 2. The molecule has 0 bridgehead atoms. The molecule has 1 heterocycles. The van der Waals surface area contributed by atoms with Crippen LogP contribution < -0.4 is 5.73 Å². The van der Waals surface area contributed by atoms with Gasteiger partial charge in [0.15, 0.2) is 0 Å². The van der Waals surface area contributed by atoms with E-state index in [1.807, 2.05) is 12.3 Å². The lowest BCUT2D eigenvalue weighted by Gasteiger charge is -2.21. The van der Waals surface area contributed by atoms with Gasteiger partial charge in [-0.25, -0.2) is 4.39 Å². The number of H-pyrrole nitrogens is 1. The number of benzene rings is 2. The third kappa shape index (κ3) is 5.39. The Hall–Kier alpha value is -2.21. The summed E-state index contributed by atoms with van der Waals surface area (Å²) in [7, 11) is 0. The van der Waals surface area contributed by atoms with Crippen LogP contribution in [0, 0.1) is 5.82 Å². The van der Waals surface area contributed by atoms with E-state index in [1.54, 1.807) is 12.1 Å². The molecule has 0 saturated carbocycles. The first-order chi connectivity index (χ1) is 12.3. The standard InChI is InChI=1S/C20H23FN4.ClH/c21-19-8-6-17(7-9-19)20-18(14-23-24-20)15-25(13-11-22)12-10-16-4-2-1-3-5-16;/h1-9,14H,10-13,15,22H2,(H,23,24);1H. The normalized spacial score (nSPS) is 10.7. The predicted octanol–water partition coefficient (Wildman–Crippen LogP) is 3.64. The fraction of sp³-hybridized carbons (Fsp3) is 0.250. The molecule has 0 aliphatic heterocycles. The highest BCUT2D eigenvalue weighted by atomic mass is 35.5. The smallest absolute Gasteiger partial charge is 0.123 e. The number of aromatic amines is 1. The fourth-order valence-electron chi connectivity index (χ4n) is 2.92. The number of halogens is 2. The molecule has 0 fully saturated rings. The molecule has 0 unspecified atom stereocenters. The lowest BCUT2D eigenvalue weighted by atomic mass is 10.1. The summed E-state index contributed by atoms with van der Waals surface area (Å²) in [5.41, 5.74) is 10.1. The summed E-state index contributed by atoms with van der Waals surface area (Å²) in [6.07, 6.45) is 2.81. The Morgan fingerprint density at radius 3 is 2.42 bits per heavy atom. The van der Waals surface area contributed by atoms with Gasteiger partial charge >= 0.3 is 0 Å². The minimum absolute atomic E-state index is 0. The van der Waals surface area contributed by atoms with Gasteiger partial charge in [-0.3, -0.25) is 10.00 Å². The second-order valence-corrected chi connectivity index (χ2v) is 6.08. The van der Waals surface area contributed by atoms with Gasteiger partial charge in [0.05, 0.1) is 11.9 Å². The highest BCUT2D eigenvalue weighted by Gasteiger charge is 2.12. The van der Waals surface area contributed by atoms with E-state index in [4.69, 9.17) is 5.73 Å². The van der Waals surface area contributed by atoms with E-state index in [1.165, 1.54) is 17.7 Å². The second kappa shape index (κ2) is 10.1. The Kier molecular flexibility index (Phi) is 7.78. The third-order valence-electron chi connectivity index (χ3n) is 4.25. The van der Waals surface area contributed by atoms with Crippen LogP contribution in [0.4, 0.5) is 4.39 Å². The zero-order chi connectivity index (χ0) is 17.5. The predicted molar refractivity (Wildman–Crippen MR) is 106 cm³/mol. The minimum Gasteiger partial charge on any atom is -0.329 e. The number of rotatable bonds is 8. The van der Waals surface area contributed by atoms with Crippen LogP contribution >= 0.6 is 12.4 Å². The van der Waals surface area contributed by atoms with Crippen LogP contribution in [-0.2, 0) is 13.0 Å². The van der Waals surface area contributed by atoms with Crippen LogP contribution in [-0.4, -0.2) is 34.7 Å². The van der Waals surface area contributed by atoms with Gasteiger partial charge in [-0.1, -0.05) is 30.3 Å². The molecule has 3 N–H and O–H groups in total. The Labute approximate surface area is 159 Å². The quantitative estimate of drug-likeness (QED) is 0.632. The van der Waals surface area contributed by atoms with Crippen LogP contribution in [0.15, 0.2) is 60.8 Å². The van der Waals surface area contributed by atoms with Gasteiger partial charge < -0.3 is 5.73 Å². The SMILES string of the molecule is Cl.NCCN(CCc1ccccc1)Cc1cn[nH]c1-c1ccc(F)cc1. The van der Waals surface area contributed by atoms with Crippen LogP contribution in [0.2, 0.25) is 0 Å². The lowest BCUT2D eigenvalue weighted by molar-refractivity contribution is 0.277. The summed E-state index contributed by atoms with van der Waals surface area (Å²) in [4.78, 5) is 2.32. The molecule has 0 aliphatic carbocycles. The zero-order valence-corrected chi connectivity index (χ0v) is 15.4. The molecule has 6 heteroatoms. The molecule has 0 atom stereocenters. The number of aromatic nitrogens is 2. The van der Waals surface area contributed by atoms with E-state index < -0.39 is 0 Å². The second-order valence-electron chi connectivity index (χ2n) is 6.08. The van der Waals surface area contributed by atoms with Crippen molar-refractivity contribution in [2.45, 2.75) is 13.0 Å². The first kappa shape index (κ1) is 20.1. The molecule has 1 aromatic heterocycles. The van der Waals surface area contributed by atoms with Gasteiger partial charge in [-0.15, -0.1) is 12.4 Å². The Morgan fingerprint density at radius 2 is 1.73 bits per heavy atom. The lowest BCUT2D eigenvalue weighted by Crippen LogP contribution is -2.31. The van der Waals surface area contributed by atoms with Crippen LogP contribution in [0.1, 0.15) is 11.1 Å². The van der Waals surface area contributed by atoms with Gasteiger partial charge in [0, 0.05) is 37.3 Å². The average molecular weight is 375 g/mol. The molecule has 0 radical (unpaired) electrons. The molecule has 138 valence electrons. The van der Waals surface area contributed by atoms with Crippen molar-refractivity contribution in [1.82, 2.24) is 15.1 Å². The maximum Gasteiger partial charge on any atom is 0.123 e. The number of hydrogen-bond acceptors (Lipinski definition) is 3. The Morgan fingerprint density at radius 1 is 1.00 bits per heavy atom. The van der Waals surface area contributed by atoms with Crippen molar-refractivity contribution in [3.63, 3.8) is 0 Å². The van der Waals surface area contributed by atoms with Crippen molar-refractivity contribution in [3.05, 3.63) is 77.7 Å². The van der Waals surface area contributed by atoms with E-state index >= 15 is 0 Å². The average Bonchev–Trinajstić information content (AvgIpc) is 3.09. The van der Waals surface area contributed by atoms with E-state index in [-0.39, 0.29) is 18.2 Å². The van der Waals surface area contributed by atoms with Crippen molar-refractivity contribution in [3.8, 4) is 11.3 Å². The number of nitrogens with one attached hydrogen (secondary N) is 1. The monoisotopic (exact) mass is 374 g/mol. The molecule has 0 amide bonds. The summed E-state index contributed by atoms with van der Waals surface area (Å²) in [5, 5.41) is 7.21. The van der Waals surface area contributed by atoms with E-state index in [0.717, 1.165) is 42.9 Å². The maximum atomic E-state index is 13.2. The van der Waals surface area contributed by atoms with E-state index in [0.29, 0.717) is 6.54 Å². The molecule has 3 aromatic rings. The molecule has 0 spiro atoms. The fourth-order valence-corrected chi connectivity index (χ4v) is 2.92. The molecular weight excluding hydrogens is 351 g/mol. The van der Waals surface area contributed by atoms with Crippen molar-refractivity contribution >= 4 is 12.4 Å². The first-order valence-corrected chi connectivity index (χ1v) is 8.51. The van der Waals surface area contributed by atoms with Crippen molar-refractivity contribution in [2.24, 2.45) is 5.73 Å². The molecule has 4 nitrogen and oxygen atoms in total. The summed E-state index contributed by atoms with van der Waals surface area (Å²) in [6, 6.07) is 16.9. The molecule has 0 saturated heterocycles. The summed E-state index contributed by atoms with van der Waals surface area (Å²) in [5.74, 6) is -0.238. The number of nitrogens with two attached hydrogens (primary N) is 1. The molecule has 2 aromatic carbocycles. The molecular formula is C20H24ClFN4. The zero-order valence-electron chi connectivity index (χ0n) is 14.6. The van der Waals surface area contributed by atoms with Gasteiger partial charge in [0.1, 0.15) is 5.82 Å². The topological polar surface area (TPSA) is 57.9 Å². The Balaban J connectivity index is 0.00000243. The largest absolute Gasteiger partial charge is 0.329 e. The van der Waals surface area contributed by atoms with Gasteiger partial charge in [-0.05, 0) is 36.2 Å². The summed E-state index contributed by atoms with van der Waals surface area (Å²) < 4.78 is 13.2. The van der Waals surface area contributed by atoms with Gasteiger partial charge in [-0.2, -0.15) is 5.10 Å². The van der Waals surface area contributed by atoms with Crippen LogP contribution in [0.3, 0.4) is 0 Å². The third-order valence-corrected chi connectivity index (χ3v) is 4.25.